The molecule has 3 aromatic carbocycles. The van der Waals surface area contributed by atoms with Crippen molar-refractivity contribution >= 4 is 51.7 Å². The molecule has 532 valence electrons. The zero-order valence-corrected chi connectivity index (χ0v) is 56.3. The van der Waals surface area contributed by atoms with Gasteiger partial charge in [-0.1, -0.05) is 49.8 Å². The second-order valence-corrected chi connectivity index (χ2v) is 23.7. The summed E-state index contributed by atoms with van der Waals surface area (Å²) >= 11 is 0. The largest absolute Gasteiger partial charge is 0.416 e. The number of benzene rings is 3. The second kappa shape index (κ2) is 32.5. The quantitative estimate of drug-likeness (QED) is 0.0680. The minimum Gasteiger partial charge on any atom is -0.322 e. The lowest BCUT2D eigenvalue weighted by Crippen LogP contribution is -2.36. The molecule has 9 aromatic heterocycles. The van der Waals surface area contributed by atoms with E-state index in [4.69, 9.17) is 0 Å². The number of hydrogen-bond donors (Lipinski definition) is 3. The summed E-state index contributed by atoms with van der Waals surface area (Å²) in [6.45, 7) is 7.15. The predicted molar refractivity (Wildman–Crippen MR) is 372 cm³/mol. The Kier molecular flexibility index (Phi) is 22.8. The molecule has 1 aliphatic heterocycles. The molecule has 1 aliphatic rings. The summed E-state index contributed by atoms with van der Waals surface area (Å²) in [6.07, 6.45) is 5.43. The molecular weight excluding hydrogens is 1370 g/mol. The summed E-state index contributed by atoms with van der Waals surface area (Å²) in [7, 11) is 3.37. The van der Waals surface area contributed by atoms with E-state index in [0.717, 1.165) is 37.7 Å². The Morgan fingerprint density at radius 1 is 0.438 bits per heavy atom. The summed E-state index contributed by atoms with van der Waals surface area (Å²) in [5, 5.41) is 20.1. The van der Waals surface area contributed by atoms with Gasteiger partial charge in [0.25, 0.3) is 17.7 Å². The monoisotopic (exact) mass is 1430 g/mol. The molecular formula is C75H61F9N18O3. The molecule has 0 atom stereocenters. The van der Waals surface area contributed by atoms with Crippen LogP contribution in [0.2, 0.25) is 0 Å². The average molecular weight is 1430 g/mol. The molecule has 0 saturated carbocycles. The van der Waals surface area contributed by atoms with Crippen LogP contribution >= 0.6 is 0 Å². The Bertz CT molecular complexity index is 5370. The van der Waals surface area contributed by atoms with Crippen LogP contribution in [-0.2, 0) is 38.2 Å². The Hall–Kier alpha value is -12.7. The first-order valence-electron chi connectivity index (χ1n) is 32.3. The number of rotatable bonds is 14. The minimum atomic E-state index is -4.55. The van der Waals surface area contributed by atoms with Gasteiger partial charge in [0, 0.05) is 109 Å². The van der Waals surface area contributed by atoms with Crippen molar-refractivity contribution in [1.82, 2.24) is 73.4 Å². The first-order chi connectivity index (χ1) is 50.3. The van der Waals surface area contributed by atoms with Crippen LogP contribution < -0.4 is 16.0 Å². The molecule has 30 heteroatoms. The Labute approximate surface area is 594 Å². The van der Waals surface area contributed by atoms with E-state index in [-0.39, 0.29) is 70.1 Å². The third-order valence-corrected chi connectivity index (χ3v) is 16.0. The third-order valence-electron chi connectivity index (χ3n) is 16.0. The summed E-state index contributed by atoms with van der Waals surface area (Å²) in [6, 6.07) is 26.7. The molecule has 3 N–H and O–H groups in total. The van der Waals surface area contributed by atoms with E-state index in [1.165, 1.54) is 91.8 Å². The van der Waals surface area contributed by atoms with E-state index in [0.29, 0.717) is 63.8 Å². The number of hydrogen-bond acceptors (Lipinski definition) is 15. The van der Waals surface area contributed by atoms with Crippen LogP contribution in [0.15, 0.2) is 184 Å². The molecule has 105 heavy (non-hydrogen) atoms. The molecule has 0 aliphatic carbocycles. The number of aromatic nitrogens is 12. The van der Waals surface area contributed by atoms with Gasteiger partial charge in [0.05, 0.1) is 52.0 Å². The molecule has 3 amide bonds. The number of nitrogens with zero attached hydrogens (tertiary/aromatic N) is 15. The standard InChI is InChI=1S/C26H23F3N6O.C25H19F3N6O.C24H19F3N6O/c1-3-34(4-2)17-19-8-9-21(13-23(19)26(27,28)29)33-25(36)20-12-18(14-30-15-20)7-10-22-16-31-24-6-5-11-32-35(22)24;26-25(27,28)22-12-20(6-5-18(22)16-33-9-2-10-33)32-24(35)19-11-17(13-29-14-19)4-7-21-15-30-23-3-1-8-31-34(21)23;1-32(2)15-17-6-7-19(11-21(17)24(25,26)27)31-23(34)18-10-16(12-28-13-18)5-8-20-14-29-22-4-3-9-30-33(20)22/h5-6,8-9,11-16H,3-4,17H2,1-2H3,(H,33,36);1,3,5-6,8,11-15H,2,9-10,16H2,(H,32,35);3-4,6-7,9-14H,15H2,1-2H3,(H,31,34). The molecule has 0 bridgehead atoms. The first kappa shape index (κ1) is 73.5. The van der Waals surface area contributed by atoms with Gasteiger partial charge in [-0.15, -0.1) is 0 Å². The lowest BCUT2D eigenvalue weighted by molar-refractivity contribution is -0.139. The molecule has 10 heterocycles. The second-order valence-electron chi connectivity index (χ2n) is 23.7. The number of pyridine rings is 3. The number of anilines is 3. The van der Waals surface area contributed by atoms with Crippen LogP contribution in [0.4, 0.5) is 56.6 Å². The number of likely N-dealkylation sites (tertiary alicyclic amines) is 1. The van der Waals surface area contributed by atoms with E-state index < -0.39 is 52.9 Å². The van der Waals surface area contributed by atoms with Gasteiger partial charge in [-0.3, -0.25) is 39.1 Å². The molecule has 21 nitrogen and oxygen atoms in total. The van der Waals surface area contributed by atoms with E-state index in [9.17, 15) is 53.9 Å². The number of halogens is 9. The lowest BCUT2D eigenvalue weighted by Gasteiger charge is -2.31. The smallest absolute Gasteiger partial charge is 0.322 e. The number of nitrogens with one attached hydrogen (secondary N) is 3. The Morgan fingerprint density at radius 3 is 1.10 bits per heavy atom. The highest BCUT2D eigenvalue weighted by Crippen LogP contribution is 2.38. The molecule has 12 aromatic rings. The predicted octanol–water partition coefficient (Wildman–Crippen LogP) is 12.5. The number of carbonyl (C=O) groups is 3. The van der Waals surface area contributed by atoms with Gasteiger partial charge in [-0.25, -0.2) is 28.5 Å². The van der Waals surface area contributed by atoms with E-state index in [2.05, 4.69) is 96.7 Å². The fourth-order valence-electron chi connectivity index (χ4n) is 10.6. The van der Waals surface area contributed by atoms with Crippen LogP contribution in [0.25, 0.3) is 16.9 Å². The van der Waals surface area contributed by atoms with Gasteiger partial charge in [0.15, 0.2) is 16.9 Å². The minimum absolute atomic E-state index is 0.0353. The van der Waals surface area contributed by atoms with Crippen molar-refractivity contribution in [1.29, 1.82) is 0 Å². The summed E-state index contributed by atoms with van der Waals surface area (Å²) < 4.78 is 127. The van der Waals surface area contributed by atoms with Crippen molar-refractivity contribution in [2.45, 2.75) is 58.4 Å². The highest BCUT2D eigenvalue weighted by atomic mass is 19.4. The van der Waals surface area contributed by atoms with Gasteiger partial charge in [-0.05, 0) is 172 Å². The maximum Gasteiger partial charge on any atom is 0.416 e. The van der Waals surface area contributed by atoms with E-state index in [1.54, 1.807) is 106 Å². The van der Waals surface area contributed by atoms with Gasteiger partial charge in [0.1, 0.15) is 17.1 Å². The van der Waals surface area contributed by atoms with Gasteiger partial charge >= 0.3 is 18.5 Å². The molecule has 1 fully saturated rings. The van der Waals surface area contributed by atoms with Crippen LogP contribution in [-0.4, -0.2) is 131 Å². The molecule has 0 spiro atoms. The average Bonchev–Trinajstić information content (AvgIpc) is 1.80. The van der Waals surface area contributed by atoms with Gasteiger partial charge in [-0.2, -0.15) is 54.8 Å². The summed E-state index contributed by atoms with van der Waals surface area (Å²) in [5.74, 6) is 15.8. The van der Waals surface area contributed by atoms with Crippen LogP contribution in [0.1, 0.15) is 118 Å². The number of fused-ring (bicyclic) bond motifs is 3. The van der Waals surface area contributed by atoms with Crippen LogP contribution in [0.3, 0.4) is 0 Å². The summed E-state index contributed by atoms with van der Waals surface area (Å²) in [5.41, 5.74) is 3.79. The zero-order valence-electron chi connectivity index (χ0n) is 56.3. The lowest BCUT2D eigenvalue weighted by atomic mass is 10.0. The van der Waals surface area contributed by atoms with Crippen molar-refractivity contribution in [3.05, 3.63) is 267 Å². The number of alkyl halides is 9. The molecule has 1 saturated heterocycles. The SMILES string of the molecule is CCN(CC)Cc1ccc(NC(=O)c2cncc(C#Cc3cnc4cccnn34)c2)cc1C(F)(F)F.CN(C)Cc1ccc(NC(=O)c2cncc(C#Cc3cnc4cccnn34)c2)cc1C(F)(F)F.O=C(Nc1ccc(CN2CCC2)c(C(F)(F)F)c1)c1cncc(C#Cc2cnc3cccnn23)c1. The fraction of sp³-hybridized carbons (Fsp3) is 0.200. The summed E-state index contributed by atoms with van der Waals surface area (Å²) in [4.78, 5) is 68.4. The first-order valence-corrected chi connectivity index (χ1v) is 32.3. The van der Waals surface area contributed by atoms with Crippen LogP contribution in [0.5, 0.6) is 0 Å². The van der Waals surface area contributed by atoms with Crippen molar-refractivity contribution in [3.8, 4) is 35.5 Å². The van der Waals surface area contributed by atoms with Gasteiger partial charge in [0.2, 0.25) is 0 Å². The molecule has 0 unspecified atom stereocenters. The fourth-order valence-corrected chi connectivity index (χ4v) is 10.6. The van der Waals surface area contributed by atoms with Crippen molar-refractivity contribution in [3.63, 3.8) is 0 Å². The number of carbonyl (C=O) groups excluding carboxylic acids is 3. The Balaban J connectivity index is 0.000000158. The van der Waals surface area contributed by atoms with Crippen molar-refractivity contribution in [2.75, 3.05) is 56.2 Å². The number of imidazole rings is 3. The Morgan fingerprint density at radius 2 is 0.781 bits per heavy atom. The number of amides is 3. The van der Waals surface area contributed by atoms with Gasteiger partial charge < -0.3 is 20.9 Å². The third kappa shape index (κ3) is 19.1. The normalized spacial score (nSPS) is 12.1. The van der Waals surface area contributed by atoms with Crippen LogP contribution in [0, 0.1) is 35.5 Å². The highest BCUT2D eigenvalue weighted by molar-refractivity contribution is 6.05. The zero-order chi connectivity index (χ0) is 74.4. The van der Waals surface area contributed by atoms with E-state index >= 15 is 0 Å². The van der Waals surface area contributed by atoms with Crippen molar-refractivity contribution < 1.29 is 53.9 Å². The molecule has 0 radical (unpaired) electrons. The topological polar surface area (TPSA) is 226 Å². The van der Waals surface area contributed by atoms with Crippen molar-refractivity contribution in [2.24, 2.45) is 0 Å². The maximum absolute atomic E-state index is 13.7. The van der Waals surface area contributed by atoms with E-state index in [1.807, 2.05) is 23.6 Å². The highest BCUT2D eigenvalue weighted by Gasteiger charge is 2.37. The maximum atomic E-state index is 13.7. The molecule has 13 rings (SSSR count).